The molecule has 0 aromatic carbocycles. The van der Waals surface area contributed by atoms with E-state index in [2.05, 4.69) is 16.0 Å². The summed E-state index contributed by atoms with van der Waals surface area (Å²) >= 11 is 0. The molecule has 0 aromatic rings. The summed E-state index contributed by atoms with van der Waals surface area (Å²) in [6.45, 7) is 4.98. The Labute approximate surface area is 80.6 Å². The molecule has 0 rings (SSSR count). The van der Waals surface area contributed by atoms with Gasteiger partial charge in [0.05, 0.1) is 0 Å². The van der Waals surface area contributed by atoms with Crippen LogP contribution in [0, 0.1) is 0 Å². The van der Waals surface area contributed by atoms with Crippen molar-refractivity contribution in [2.45, 2.75) is 6.04 Å². The molecule has 0 bridgehead atoms. The Hall–Kier alpha value is -0.200. The van der Waals surface area contributed by atoms with Crippen molar-refractivity contribution in [2.24, 2.45) is 11.5 Å². The highest BCUT2D eigenvalue weighted by Crippen LogP contribution is 1.76. The number of rotatable bonds is 9. The van der Waals surface area contributed by atoms with E-state index in [1.165, 1.54) is 0 Å². The summed E-state index contributed by atoms with van der Waals surface area (Å²) < 4.78 is 0. The Bertz CT molecular complexity index is 88.5. The van der Waals surface area contributed by atoms with Gasteiger partial charge in [0.2, 0.25) is 0 Å². The predicted molar refractivity (Wildman–Crippen MR) is 56.7 cm³/mol. The molecule has 0 fully saturated rings. The molecular formula is C8H23N5. The number of nitrogens with two attached hydrogens (primary N) is 2. The maximum Gasteiger partial charge on any atom is 0.0315 e. The van der Waals surface area contributed by atoms with Gasteiger partial charge in [-0.05, 0) is 7.05 Å². The summed E-state index contributed by atoms with van der Waals surface area (Å²) in [5, 5.41) is 9.63. The topological polar surface area (TPSA) is 88.1 Å². The maximum atomic E-state index is 5.58. The molecular weight excluding hydrogens is 166 g/mol. The van der Waals surface area contributed by atoms with Gasteiger partial charge in [-0.3, -0.25) is 0 Å². The van der Waals surface area contributed by atoms with Gasteiger partial charge in [0.15, 0.2) is 0 Å². The van der Waals surface area contributed by atoms with Crippen molar-refractivity contribution in [1.82, 2.24) is 16.0 Å². The molecule has 0 aromatic heterocycles. The van der Waals surface area contributed by atoms with Crippen LogP contribution in [0.3, 0.4) is 0 Å². The molecule has 7 N–H and O–H groups in total. The highest BCUT2D eigenvalue weighted by molar-refractivity contribution is 4.70. The summed E-state index contributed by atoms with van der Waals surface area (Å²) in [4.78, 5) is 0. The normalized spacial score (nSPS) is 13.2. The first kappa shape index (κ1) is 12.8. The van der Waals surface area contributed by atoms with Crippen molar-refractivity contribution in [3.63, 3.8) is 0 Å². The van der Waals surface area contributed by atoms with Crippen molar-refractivity contribution in [1.29, 1.82) is 0 Å². The van der Waals surface area contributed by atoms with Crippen LogP contribution >= 0.6 is 0 Å². The molecule has 1 unspecified atom stereocenters. The molecule has 5 heteroatoms. The van der Waals surface area contributed by atoms with E-state index in [4.69, 9.17) is 11.5 Å². The second-order valence-electron chi connectivity index (χ2n) is 2.98. The number of hydrogen-bond acceptors (Lipinski definition) is 5. The molecule has 0 aliphatic rings. The lowest BCUT2D eigenvalue weighted by Gasteiger charge is -2.17. The van der Waals surface area contributed by atoms with Crippen molar-refractivity contribution in [3.8, 4) is 0 Å². The molecule has 13 heavy (non-hydrogen) atoms. The lowest BCUT2D eigenvalue weighted by atomic mass is 10.3. The average Bonchev–Trinajstić information content (AvgIpc) is 2.16. The summed E-state index contributed by atoms with van der Waals surface area (Å²) in [7, 11) is 1.94. The van der Waals surface area contributed by atoms with E-state index in [0.29, 0.717) is 19.1 Å². The molecule has 0 saturated heterocycles. The minimum absolute atomic E-state index is 0.347. The SMILES string of the molecule is CNCCNC(CN)CNCCN. The predicted octanol–water partition coefficient (Wildman–Crippen LogP) is -2.33. The molecule has 0 heterocycles. The van der Waals surface area contributed by atoms with Crippen molar-refractivity contribution in [3.05, 3.63) is 0 Å². The van der Waals surface area contributed by atoms with Crippen LogP contribution in [0.15, 0.2) is 0 Å². The van der Waals surface area contributed by atoms with E-state index in [0.717, 1.165) is 26.2 Å². The van der Waals surface area contributed by atoms with E-state index >= 15 is 0 Å². The number of nitrogens with one attached hydrogen (secondary N) is 3. The van der Waals surface area contributed by atoms with Crippen LogP contribution in [-0.4, -0.2) is 52.4 Å². The minimum Gasteiger partial charge on any atom is -0.329 e. The van der Waals surface area contributed by atoms with Gasteiger partial charge < -0.3 is 27.4 Å². The summed E-state index contributed by atoms with van der Waals surface area (Å²) in [6, 6.07) is 0.347. The Morgan fingerprint density at radius 3 is 2.46 bits per heavy atom. The van der Waals surface area contributed by atoms with Crippen LogP contribution in [-0.2, 0) is 0 Å². The lowest BCUT2D eigenvalue weighted by Crippen LogP contribution is -2.46. The Balaban J connectivity index is 3.28. The molecule has 0 saturated carbocycles. The zero-order valence-corrected chi connectivity index (χ0v) is 8.47. The molecule has 0 aliphatic carbocycles. The van der Waals surface area contributed by atoms with Crippen LogP contribution < -0.4 is 27.4 Å². The van der Waals surface area contributed by atoms with Crippen molar-refractivity contribution in [2.75, 3.05) is 46.3 Å². The van der Waals surface area contributed by atoms with Gasteiger partial charge in [0.1, 0.15) is 0 Å². The van der Waals surface area contributed by atoms with Gasteiger partial charge in [0, 0.05) is 45.3 Å². The third kappa shape index (κ3) is 8.14. The summed E-state index contributed by atoms with van der Waals surface area (Å²) in [6.07, 6.45) is 0. The fraction of sp³-hybridized carbons (Fsp3) is 1.00. The monoisotopic (exact) mass is 189 g/mol. The van der Waals surface area contributed by atoms with Crippen LogP contribution in [0.1, 0.15) is 0 Å². The molecule has 0 radical (unpaired) electrons. The third-order valence-electron chi connectivity index (χ3n) is 1.80. The standard InChI is InChI=1S/C8H23N5/c1-11-4-5-13-8(6-10)7-12-3-2-9/h8,11-13H,2-7,9-10H2,1H3. The van der Waals surface area contributed by atoms with Crippen LogP contribution in [0.4, 0.5) is 0 Å². The first-order valence-corrected chi connectivity index (χ1v) is 4.84. The highest BCUT2D eigenvalue weighted by Gasteiger charge is 2.03. The van der Waals surface area contributed by atoms with Gasteiger partial charge in [-0.25, -0.2) is 0 Å². The quantitative estimate of drug-likeness (QED) is 0.263. The Kier molecular flexibility index (Phi) is 9.73. The van der Waals surface area contributed by atoms with Gasteiger partial charge in [-0.15, -0.1) is 0 Å². The Morgan fingerprint density at radius 2 is 1.92 bits per heavy atom. The van der Waals surface area contributed by atoms with E-state index in [1.54, 1.807) is 0 Å². The minimum atomic E-state index is 0.347. The zero-order chi connectivity index (χ0) is 9.94. The second kappa shape index (κ2) is 9.88. The summed E-state index contributed by atoms with van der Waals surface area (Å²) in [5.74, 6) is 0. The number of likely N-dealkylation sites (N-methyl/N-ethyl adjacent to an activating group) is 1. The molecule has 1 atom stereocenters. The van der Waals surface area contributed by atoms with Crippen molar-refractivity contribution < 1.29 is 0 Å². The van der Waals surface area contributed by atoms with Crippen LogP contribution in [0.25, 0.3) is 0 Å². The lowest BCUT2D eigenvalue weighted by molar-refractivity contribution is 0.480. The van der Waals surface area contributed by atoms with E-state index < -0.39 is 0 Å². The van der Waals surface area contributed by atoms with Crippen molar-refractivity contribution >= 4 is 0 Å². The van der Waals surface area contributed by atoms with E-state index in [1.807, 2.05) is 7.05 Å². The van der Waals surface area contributed by atoms with E-state index in [-0.39, 0.29) is 0 Å². The summed E-state index contributed by atoms with van der Waals surface area (Å²) in [5.41, 5.74) is 10.9. The zero-order valence-electron chi connectivity index (χ0n) is 8.47. The fourth-order valence-electron chi connectivity index (χ4n) is 1.02. The van der Waals surface area contributed by atoms with E-state index in [9.17, 15) is 0 Å². The second-order valence-corrected chi connectivity index (χ2v) is 2.98. The fourth-order valence-corrected chi connectivity index (χ4v) is 1.02. The largest absolute Gasteiger partial charge is 0.329 e. The smallest absolute Gasteiger partial charge is 0.0315 e. The first-order chi connectivity index (χ1) is 6.35. The molecule has 80 valence electrons. The van der Waals surface area contributed by atoms with Gasteiger partial charge in [0.25, 0.3) is 0 Å². The third-order valence-corrected chi connectivity index (χ3v) is 1.80. The van der Waals surface area contributed by atoms with Crippen LogP contribution in [0.2, 0.25) is 0 Å². The molecule has 0 spiro atoms. The molecule has 0 aliphatic heterocycles. The maximum absolute atomic E-state index is 5.58. The first-order valence-electron chi connectivity index (χ1n) is 4.84. The number of hydrogen-bond donors (Lipinski definition) is 5. The molecule has 0 amide bonds. The van der Waals surface area contributed by atoms with Crippen LogP contribution in [0.5, 0.6) is 0 Å². The van der Waals surface area contributed by atoms with Gasteiger partial charge >= 0.3 is 0 Å². The molecule has 5 nitrogen and oxygen atoms in total. The highest BCUT2D eigenvalue weighted by atomic mass is 15.0. The van der Waals surface area contributed by atoms with Gasteiger partial charge in [-0.1, -0.05) is 0 Å². The Morgan fingerprint density at radius 1 is 1.15 bits per heavy atom. The average molecular weight is 189 g/mol. The van der Waals surface area contributed by atoms with Gasteiger partial charge in [-0.2, -0.15) is 0 Å².